The highest BCUT2D eigenvalue weighted by Gasteiger charge is 2.22. The second-order valence-corrected chi connectivity index (χ2v) is 8.36. The van der Waals surface area contributed by atoms with E-state index in [9.17, 15) is 8.42 Å². The SMILES string of the molecule is Cc1noc(NS(=O)(=O)c2ccc(Cc3ccccc3)s2)c1Cl. The van der Waals surface area contributed by atoms with Crippen molar-refractivity contribution in [2.45, 2.75) is 17.6 Å². The zero-order valence-corrected chi connectivity index (χ0v) is 14.5. The molecular weight excluding hydrogens is 356 g/mol. The average Bonchev–Trinajstić information content (AvgIpc) is 3.11. The Morgan fingerprint density at radius 3 is 2.61 bits per heavy atom. The van der Waals surface area contributed by atoms with E-state index in [1.165, 1.54) is 11.3 Å². The summed E-state index contributed by atoms with van der Waals surface area (Å²) in [5.74, 6) is -0.0674. The van der Waals surface area contributed by atoms with Crippen molar-refractivity contribution in [3.8, 4) is 0 Å². The smallest absolute Gasteiger partial charge is 0.273 e. The van der Waals surface area contributed by atoms with Gasteiger partial charge in [0.25, 0.3) is 15.9 Å². The second kappa shape index (κ2) is 6.35. The molecule has 3 rings (SSSR count). The molecule has 0 atom stereocenters. The van der Waals surface area contributed by atoms with Crippen molar-refractivity contribution in [2.24, 2.45) is 0 Å². The number of hydrogen-bond donors (Lipinski definition) is 1. The molecule has 23 heavy (non-hydrogen) atoms. The van der Waals surface area contributed by atoms with E-state index in [2.05, 4.69) is 9.88 Å². The Bertz CT molecular complexity index is 917. The maximum absolute atomic E-state index is 12.4. The number of rotatable bonds is 5. The van der Waals surface area contributed by atoms with Crippen LogP contribution in [-0.4, -0.2) is 13.6 Å². The number of aromatic nitrogens is 1. The fraction of sp³-hybridized carbons (Fsp3) is 0.133. The van der Waals surface area contributed by atoms with E-state index in [1.807, 2.05) is 30.3 Å². The molecule has 0 aliphatic carbocycles. The van der Waals surface area contributed by atoms with Crippen molar-refractivity contribution >= 4 is 38.8 Å². The van der Waals surface area contributed by atoms with Crippen molar-refractivity contribution in [1.82, 2.24) is 5.16 Å². The Balaban J connectivity index is 1.80. The quantitative estimate of drug-likeness (QED) is 0.736. The number of aryl methyl sites for hydroxylation is 1. The van der Waals surface area contributed by atoms with Gasteiger partial charge in [-0.05, 0) is 24.6 Å². The predicted molar refractivity (Wildman–Crippen MR) is 90.6 cm³/mol. The number of halogens is 1. The first-order valence-corrected chi connectivity index (χ1v) is 9.41. The van der Waals surface area contributed by atoms with Crippen LogP contribution in [0.5, 0.6) is 0 Å². The zero-order valence-electron chi connectivity index (χ0n) is 12.1. The van der Waals surface area contributed by atoms with Gasteiger partial charge in [-0.1, -0.05) is 47.1 Å². The van der Waals surface area contributed by atoms with Gasteiger partial charge in [-0.2, -0.15) is 0 Å². The van der Waals surface area contributed by atoms with Crippen molar-refractivity contribution in [1.29, 1.82) is 0 Å². The number of nitrogens with one attached hydrogen (secondary N) is 1. The third-order valence-electron chi connectivity index (χ3n) is 3.14. The lowest BCUT2D eigenvalue weighted by atomic mass is 10.1. The van der Waals surface area contributed by atoms with Crippen LogP contribution in [0.25, 0.3) is 0 Å². The van der Waals surface area contributed by atoms with Gasteiger partial charge in [-0.15, -0.1) is 11.3 Å². The summed E-state index contributed by atoms with van der Waals surface area (Å²) in [6.07, 6.45) is 0.684. The molecule has 0 saturated carbocycles. The first-order chi connectivity index (χ1) is 11.0. The fourth-order valence-corrected chi connectivity index (χ4v) is 4.55. The minimum absolute atomic E-state index is 0.0674. The van der Waals surface area contributed by atoms with Crippen LogP contribution in [-0.2, 0) is 16.4 Å². The summed E-state index contributed by atoms with van der Waals surface area (Å²) < 4.78 is 32.2. The monoisotopic (exact) mass is 368 g/mol. The normalized spacial score (nSPS) is 11.6. The number of nitrogens with zero attached hydrogens (tertiary/aromatic N) is 1. The first-order valence-electron chi connectivity index (χ1n) is 6.73. The summed E-state index contributed by atoms with van der Waals surface area (Å²) in [6.45, 7) is 1.63. The van der Waals surface area contributed by atoms with Crippen LogP contribution in [0.15, 0.2) is 51.2 Å². The Morgan fingerprint density at radius 2 is 1.96 bits per heavy atom. The lowest BCUT2D eigenvalue weighted by molar-refractivity contribution is 0.430. The maximum Gasteiger partial charge on any atom is 0.273 e. The van der Waals surface area contributed by atoms with Gasteiger partial charge in [0.15, 0.2) is 0 Å². The Morgan fingerprint density at radius 1 is 1.22 bits per heavy atom. The Labute approximate surface area is 142 Å². The van der Waals surface area contributed by atoms with E-state index < -0.39 is 10.0 Å². The van der Waals surface area contributed by atoms with Crippen LogP contribution in [0, 0.1) is 6.92 Å². The summed E-state index contributed by atoms with van der Waals surface area (Å²) in [4.78, 5) is 0.955. The maximum atomic E-state index is 12.4. The van der Waals surface area contributed by atoms with Crippen LogP contribution in [0.2, 0.25) is 5.02 Å². The topological polar surface area (TPSA) is 72.2 Å². The van der Waals surface area contributed by atoms with Crippen LogP contribution >= 0.6 is 22.9 Å². The number of anilines is 1. The molecule has 2 aromatic heterocycles. The molecule has 8 heteroatoms. The summed E-state index contributed by atoms with van der Waals surface area (Å²) in [6, 6.07) is 13.2. The summed E-state index contributed by atoms with van der Waals surface area (Å²) in [7, 11) is -3.74. The molecule has 120 valence electrons. The standard InChI is InChI=1S/C15H13ClN2O3S2/c1-10-14(16)15(21-17-10)18-23(19,20)13-8-7-12(22-13)9-11-5-3-2-4-6-11/h2-8,18H,9H2,1H3. The van der Waals surface area contributed by atoms with Gasteiger partial charge in [-0.3, -0.25) is 0 Å². The minimum Gasteiger partial charge on any atom is -0.336 e. The minimum atomic E-state index is -3.74. The van der Waals surface area contributed by atoms with Crippen molar-refractivity contribution in [3.05, 3.63) is 63.6 Å². The molecule has 0 aliphatic rings. The van der Waals surface area contributed by atoms with Gasteiger partial charge in [0.1, 0.15) is 14.9 Å². The summed E-state index contributed by atoms with van der Waals surface area (Å²) in [5, 5.41) is 3.79. The number of thiophene rings is 1. The molecule has 0 radical (unpaired) electrons. The highest BCUT2D eigenvalue weighted by molar-refractivity contribution is 7.94. The molecular formula is C15H13ClN2O3S2. The molecule has 0 amide bonds. The number of sulfonamides is 1. The molecule has 0 saturated heterocycles. The zero-order chi connectivity index (χ0) is 16.4. The molecule has 0 fully saturated rings. The fourth-order valence-electron chi connectivity index (χ4n) is 1.99. The van der Waals surface area contributed by atoms with Crippen molar-refractivity contribution in [3.63, 3.8) is 0 Å². The third kappa shape index (κ3) is 3.57. The molecule has 1 aromatic carbocycles. The highest BCUT2D eigenvalue weighted by atomic mass is 35.5. The molecule has 5 nitrogen and oxygen atoms in total. The number of benzene rings is 1. The summed E-state index contributed by atoms with van der Waals surface area (Å²) in [5.41, 5.74) is 1.56. The van der Waals surface area contributed by atoms with E-state index in [0.717, 1.165) is 10.4 Å². The van der Waals surface area contributed by atoms with Gasteiger partial charge in [0, 0.05) is 11.3 Å². The molecule has 1 N–H and O–H groups in total. The van der Waals surface area contributed by atoms with Gasteiger partial charge in [0.2, 0.25) is 0 Å². The van der Waals surface area contributed by atoms with Crippen LogP contribution in [0.1, 0.15) is 16.1 Å². The van der Waals surface area contributed by atoms with Crippen molar-refractivity contribution < 1.29 is 12.9 Å². The van der Waals surface area contributed by atoms with E-state index in [4.69, 9.17) is 16.1 Å². The first kappa shape index (κ1) is 16.0. The third-order valence-corrected chi connectivity index (χ3v) is 6.49. The summed E-state index contributed by atoms with van der Waals surface area (Å²) >= 11 is 7.15. The van der Waals surface area contributed by atoms with E-state index in [-0.39, 0.29) is 15.1 Å². The molecule has 0 spiro atoms. The van der Waals surface area contributed by atoms with Crippen molar-refractivity contribution in [2.75, 3.05) is 4.72 Å². The van der Waals surface area contributed by atoms with Gasteiger partial charge in [-0.25, -0.2) is 13.1 Å². The van der Waals surface area contributed by atoms with E-state index in [0.29, 0.717) is 12.1 Å². The molecule has 0 unspecified atom stereocenters. The lowest BCUT2D eigenvalue weighted by Crippen LogP contribution is -2.11. The Kier molecular flexibility index (Phi) is 4.43. The second-order valence-electron chi connectivity index (χ2n) is 4.90. The molecule has 3 aromatic rings. The molecule has 0 aliphatic heterocycles. The van der Waals surface area contributed by atoms with Gasteiger partial charge < -0.3 is 4.52 Å². The number of hydrogen-bond acceptors (Lipinski definition) is 5. The lowest BCUT2D eigenvalue weighted by Gasteiger charge is -2.02. The van der Waals surface area contributed by atoms with Crippen LogP contribution < -0.4 is 4.72 Å². The van der Waals surface area contributed by atoms with Crippen LogP contribution in [0.3, 0.4) is 0 Å². The van der Waals surface area contributed by atoms with Gasteiger partial charge in [0.05, 0.1) is 0 Å². The Hall–Kier alpha value is -1.83. The average molecular weight is 369 g/mol. The van der Waals surface area contributed by atoms with Crippen LogP contribution in [0.4, 0.5) is 5.88 Å². The predicted octanol–water partition coefficient (Wildman–Crippen LogP) is 4.09. The van der Waals surface area contributed by atoms with Gasteiger partial charge >= 0.3 is 0 Å². The van der Waals surface area contributed by atoms with E-state index in [1.54, 1.807) is 19.1 Å². The molecule has 2 heterocycles. The van der Waals surface area contributed by atoms with E-state index >= 15 is 0 Å². The largest absolute Gasteiger partial charge is 0.336 e. The highest BCUT2D eigenvalue weighted by Crippen LogP contribution is 2.30. The molecule has 0 bridgehead atoms.